The van der Waals surface area contributed by atoms with E-state index in [1.165, 1.54) is 6.20 Å². The second-order valence-corrected chi connectivity index (χ2v) is 13.9. The Kier molecular flexibility index (Phi) is 9.37. The molecule has 2 N–H and O–H groups in total. The summed E-state index contributed by atoms with van der Waals surface area (Å²) in [5.41, 5.74) is 2.80. The Bertz CT molecular complexity index is 1830. The summed E-state index contributed by atoms with van der Waals surface area (Å²) in [6, 6.07) is 3.49. The van der Waals surface area contributed by atoms with Crippen molar-refractivity contribution in [3.63, 3.8) is 0 Å². The summed E-state index contributed by atoms with van der Waals surface area (Å²) in [5.74, 6) is 0.0312. The Morgan fingerprint density at radius 3 is 2.44 bits per heavy atom. The maximum atomic E-state index is 13.9. The highest BCUT2D eigenvalue weighted by molar-refractivity contribution is 5.91. The molecule has 0 bridgehead atoms. The van der Waals surface area contributed by atoms with Crippen LogP contribution < -0.4 is 9.80 Å². The SMILES string of the molecule is COCC1(CN(C)c2cc(-c3cnc(C(F)(F)F)c(C4CC4)c3)nc3nc(-c4cnc(N5CCC(OCC(=O)O)CC5)cn4)[nH]c23)CCCC1. The van der Waals surface area contributed by atoms with Gasteiger partial charge in [0, 0.05) is 51.0 Å². The number of piperidine rings is 1. The fraction of sp³-hybridized carbons (Fsp3) is 0.543. The van der Waals surface area contributed by atoms with Gasteiger partial charge in [-0.05, 0) is 62.1 Å². The van der Waals surface area contributed by atoms with E-state index >= 15 is 0 Å². The molecule has 12 nitrogen and oxygen atoms in total. The van der Waals surface area contributed by atoms with Crippen molar-refractivity contribution in [2.24, 2.45) is 5.41 Å². The molecule has 2 saturated carbocycles. The van der Waals surface area contributed by atoms with E-state index in [-0.39, 0.29) is 29.6 Å². The molecule has 2 aliphatic carbocycles. The zero-order valence-electron chi connectivity index (χ0n) is 28.2. The van der Waals surface area contributed by atoms with Crippen LogP contribution in [0.1, 0.15) is 68.5 Å². The molecule has 1 saturated heterocycles. The van der Waals surface area contributed by atoms with Crippen molar-refractivity contribution in [3.05, 3.63) is 42.0 Å². The van der Waals surface area contributed by atoms with Crippen LogP contribution in [0.4, 0.5) is 24.7 Å². The lowest BCUT2D eigenvalue weighted by molar-refractivity contribution is -0.144. The molecule has 0 spiro atoms. The van der Waals surface area contributed by atoms with Crippen molar-refractivity contribution in [1.29, 1.82) is 0 Å². The number of fused-ring (bicyclic) bond motifs is 1. The molecule has 0 unspecified atom stereocenters. The maximum absolute atomic E-state index is 13.9. The van der Waals surface area contributed by atoms with E-state index in [9.17, 15) is 18.0 Å². The number of aromatic nitrogens is 6. The number of hydrogen-bond donors (Lipinski definition) is 2. The number of hydrogen-bond acceptors (Lipinski definition) is 10. The molecule has 0 atom stereocenters. The summed E-state index contributed by atoms with van der Waals surface area (Å²) in [7, 11) is 3.74. The quantitative estimate of drug-likeness (QED) is 0.178. The molecule has 15 heteroatoms. The molecular formula is C35H41F3N8O4. The maximum Gasteiger partial charge on any atom is 0.433 e. The van der Waals surface area contributed by atoms with Gasteiger partial charge in [0.15, 0.2) is 11.5 Å². The lowest BCUT2D eigenvalue weighted by Gasteiger charge is -2.34. The number of methoxy groups -OCH3 is 1. The number of rotatable bonds is 12. The van der Waals surface area contributed by atoms with Gasteiger partial charge in [-0.25, -0.2) is 24.7 Å². The Balaban J connectivity index is 1.21. The van der Waals surface area contributed by atoms with E-state index in [4.69, 9.17) is 24.5 Å². The number of imidazole rings is 1. The number of H-pyrrole nitrogens is 1. The summed E-state index contributed by atoms with van der Waals surface area (Å²) >= 11 is 0. The van der Waals surface area contributed by atoms with E-state index < -0.39 is 17.8 Å². The van der Waals surface area contributed by atoms with Crippen LogP contribution >= 0.6 is 0 Å². The van der Waals surface area contributed by atoms with Gasteiger partial charge in [0.05, 0.1) is 36.5 Å². The highest BCUT2D eigenvalue weighted by Crippen LogP contribution is 2.46. The zero-order valence-corrected chi connectivity index (χ0v) is 28.2. The number of aromatic amines is 1. The number of carboxylic acid groups (broad SMARTS) is 1. The molecule has 1 aliphatic heterocycles. The van der Waals surface area contributed by atoms with Gasteiger partial charge in [0.1, 0.15) is 29.3 Å². The highest BCUT2D eigenvalue weighted by atomic mass is 19.4. The van der Waals surface area contributed by atoms with E-state index in [1.807, 2.05) is 13.1 Å². The number of pyridine rings is 2. The molecule has 0 radical (unpaired) electrons. The second kappa shape index (κ2) is 13.7. The van der Waals surface area contributed by atoms with Crippen molar-refractivity contribution in [3.8, 4) is 22.8 Å². The number of carbonyl (C=O) groups is 1. The first-order chi connectivity index (χ1) is 24.0. The third-order valence-corrected chi connectivity index (χ3v) is 10.1. The van der Waals surface area contributed by atoms with Crippen LogP contribution in [0.25, 0.3) is 33.9 Å². The van der Waals surface area contributed by atoms with Crippen molar-refractivity contribution < 1.29 is 32.5 Å². The van der Waals surface area contributed by atoms with Crippen molar-refractivity contribution in [1.82, 2.24) is 29.9 Å². The minimum atomic E-state index is -4.53. The van der Waals surface area contributed by atoms with Crippen LogP contribution in [-0.4, -0.2) is 94.1 Å². The van der Waals surface area contributed by atoms with Gasteiger partial charge in [-0.15, -0.1) is 0 Å². The molecule has 50 heavy (non-hydrogen) atoms. The summed E-state index contributed by atoms with van der Waals surface area (Å²) in [5, 5.41) is 8.89. The van der Waals surface area contributed by atoms with Gasteiger partial charge < -0.3 is 29.4 Å². The molecule has 5 heterocycles. The fourth-order valence-electron chi connectivity index (χ4n) is 7.52. The molecule has 4 aromatic heterocycles. The standard InChI is InChI=1S/C35H41F3N8O4/c1-45(19-34(20-49-2)9-3-4-10-34)27-14-25(22-13-24(21-5-6-21)31(41-15-22)35(36,37)38)42-33-30(27)43-32(44-33)26-16-40-28(17-39-26)46-11-7-23(8-12-46)50-18-29(47)48/h13-17,21,23H,3-12,18-20H2,1-2H3,(H,47,48)(H,42,43,44). The molecule has 3 aliphatic rings. The molecule has 3 fully saturated rings. The number of nitrogens with one attached hydrogen (secondary N) is 1. The lowest BCUT2D eigenvalue weighted by atomic mass is 9.86. The zero-order chi connectivity index (χ0) is 35.0. The Morgan fingerprint density at radius 1 is 1.04 bits per heavy atom. The van der Waals surface area contributed by atoms with Crippen molar-refractivity contribution in [2.45, 2.75) is 69.6 Å². The molecule has 0 aromatic carbocycles. The number of alkyl halides is 3. The van der Waals surface area contributed by atoms with E-state index in [1.54, 1.807) is 25.6 Å². The first-order valence-corrected chi connectivity index (χ1v) is 17.1. The number of carboxylic acids is 1. The number of aliphatic carboxylic acids is 1. The first-order valence-electron chi connectivity index (χ1n) is 17.1. The lowest BCUT2D eigenvalue weighted by Crippen LogP contribution is -2.38. The smallest absolute Gasteiger partial charge is 0.433 e. The largest absolute Gasteiger partial charge is 0.480 e. The summed E-state index contributed by atoms with van der Waals surface area (Å²) in [4.78, 5) is 41.4. The number of ether oxygens (including phenoxy) is 2. The van der Waals surface area contributed by atoms with Crippen LogP contribution in [0.15, 0.2) is 30.7 Å². The van der Waals surface area contributed by atoms with Crippen LogP contribution in [-0.2, 0) is 20.4 Å². The number of nitrogens with zero attached hydrogens (tertiary/aromatic N) is 7. The fourth-order valence-corrected chi connectivity index (χ4v) is 7.52. The minimum Gasteiger partial charge on any atom is -0.480 e. The topological polar surface area (TPSA) is 142 Å². The van der Waals surface area contributed by atoms with E-state index in [0.717, 1.165) is 37.9 Å². The monoisotopic (exact) mass is 694 g/mol. The normalized spacial score (nSPS) is 18.2. The van der Waals surface area contributed by atoms with Gasteiger partial charge in [-0.1, -0.05) is 12.8 Å². The molecule has 0 amide bonds. The first kappa shape index (κ1) is 34.1. The molecule has 4 aromatic rings. The summed E-state index contributed by atoms with van der Waals surface area (Å²) < 4.78 is 52.7. The third kappa shape index (κ3) is 7.24. The number of halogens is 3. The third-order valence-electron chi connectivity index (χ3n) is 10.1. The minimum absolute atomic E-state index is 0.0185. The van der Waals surface area contributed by atoms with Crippen LogP contribution in [0.5, 0.6) is 0 Å². The second-order valence-electron chi connectivity index (χ2n) is 13.9. The summed E-state index contributed by atoms with van der Waals surface area (Å²) in [6.07, 6.45) is 7.11. The van der Waals surface area contributed by atoms with E-state index in [2.05, 4.69) is 29.7 Å². The van der Waals surface area contributed by atoms with Crippen molar-refractivity contribution >= 4 is 28.6 Å². The van der Waals surface area contributed by atoms with Crippen LogP contribution in [0.3, 0.4) is 0 Å². The average molecular weight is 695 g/mol. The van der Waals surface area contributed by atoms with Crippen LogP contribution in [0.2, 0.25) is 0 Å². The van der Waals surface area contributed by atoms with Gasteiger partial charge in [-0.2, -0.15) is 13.2 Å². The van der Waals surface area contributed by atoms with E-state index in [0.29, 0.717) is 85.1 Å². The molecule has 7 rings (SSSR count). The van der Waals surface area contributed by atoms with Crippen LogP contribution in [0, 0.1) is 5.41 Å². The number of anilines is 2. The van der Waals surface area contributed by atoms with Gasteiger partial charge in [0.25, 0.3) is 0 Å². The van der Waals surface area contributed by atoms with Gasteiger partial charge >= 0.3 is 12.1 Å². The van der Waals surface area contributed by atoms with Gasteiger partial charge in [-0.3, -0.25) is 4.98 Å². The Hall–Kier alpha value is -4.37. The average Bonchev–Trinajstić information content (AvgIpc) is 3.71. The highest BCUT2D eigenvalue weighted by Gasteiger charge is 2.40. The predicted octanol–water partition coefficient (Wildman–Crippen LogP) is 6.09. The molecule has 266 valence electrons. The Morgan fingerprint density at radius 2 is 1.80 bits per heavy atom. The van der Waals surface area contributed by atoms with Crippen molar-refractivity contribution in [2.75, 3.05) is 56.8 Å². The predicted molar refractivity (Wildman–Crippen MR) is 180 cm³/mol. The summed E-state index contributed by atoms with van der Waals surface area (Å²) in [6.45, 7) is 2.38. The molecular weight excluding hydrogens is 653 g/mol. The van der Waals surface area contributed by atoms with Gasteiger partial charge in [0.2, 0.25) is 0 Å². The Labute approximate surface area is 287 Å².